The standard InChI is InChI=1S/C14H21N/c1-3-5-12-9-13-6-7-15-10-14(13)8-11(12)4-2/h8-9,15H,3-7,10H2,1-2H3. The molecule has 0 unspecified atom stereocenters. The molecular weight excluding hydrogens is 182 g/mol. The van der Waals surface area contributed by atoms with E-state index >= 15 is 0 Å². The molecule has 0 bridgehead atoms. The fourth-order valence-corrected chi connectivity index (χ4v) is 2.47. The number of aryl methyl sites for hydroxylation is 2. The van der Waals surface area contributed by atoms with Gasteiger partial charge in [0.25, 0.3) is 0 Å². The van der Waals surface area contributed by atoms with Crippen molar-refractivity contribution in [1.82, 2.24) is 5.32 Å². The highest BCUT2D eigenvalue weighted by molar-refractivity contribution is 5.40. The van der Waals surface area contributed by atoms with E-state index in [1.165, 1.54) is 31.2 Å². The Bertz CT molecular complexity index is 341. The Labute approximate surface area is 92.9 Å². The van der Waals surface area contributed by atoms with E-state index < -0.39 is 0 Å². The third kappa shape index (κ3) is 2.23. The van der Waals surface area contributed by atoms with Gasteiger partial charge in [0, 0.05) is 6.54 Å². The topological polar surface area (TPSA) is 12.0 Å². The van der Waals surface area contributed by atoms with Gasteiger partial charge in [-0.3, -0.25) is 0 Å². The molecule has 1 nitrogen and oxygen atoms in total. The Hall–Kier alpha value is -0.820. The minimum Gasteiger partial charge on any atom is -0.312 e. The van der Waals surface area contributed by atoms with Crippen LogP contribution in [0.25, 0.3) is 0 Å². The van der Waals surface area contributed by atoms with Gasteiger partial charge in [-0.1, -0.05) is 32.4 Å². The first-order valence-corrected chi connectivity index (χ1v) is 6.19. The van der Waals surface area contributed by atoms with Crippen molar-refractivity contribution in [3.63, 3.8) is 0 Å². The van der Waals surface area contributed by atoms with Crippen molar-refractivity contribution in [2.75, 3.05) is 6.54 Å². The summed E-state index contributed by atoms with van der Waals surface area (Å²) in [5.41, 5.74) is 6.24. The molecule has 1 aromatic carbocycles. The molecule has 0 saturated carbocycles. The lowest BCUT2D eigenvalue weighted by Gasteiger charge is -2.20. The number of fused-ring (bicyclic) bond motifs is 1. The van der Waals surface area contributed by atoms with E-state index in [4.69, 9.17) is 0 Å². The molecule has 0 amide bonds. The second-order valence-electron chi connectivity index (χ2n) is 4.42. The fourth-order valence-electron chi connectivity index (χ4n) is 2.47. The monoisotopic (exact) mass is 203 g/mol. The molecule has 1 heteroatoms. The lowest BCUT2D eigenvalue weighted by molar-refractivity contribution is 0.641. The Morgan fingerprint density at radius 1 is 1.13 bits per heavy atom. The van der Waals surface area contributed by atoms with Crippen LogP contribution < -0.4 is 5.32 Å². The molecule has 1 aromatic rings. The maximum Gasteiger partial charge on any atom is 0.0208 e. The summed E-state index contributed by atoms with van der Waals surface area (Å²) in [6.45, 7) is 6.73. The van der Waals surface area contributed by atoms with Gasteiger partial charge in [0.1, 0.15) is 0 Å². The summed E-state index contributed by atoms with van der Waals surface area (Å²) in [5.74, 6) is 0. The van der Waals surface area contributed by atoms with Gasteiger partial charge in [-0.25, -0.2) is 0 Å². The highest BCUT2D eigenvalue weighted by atomic mass is 14.9. The quantitative estimate of drug-likeness (QED) is 0.796. The van der Waals surface area contributed by atoms with Gasteiger partial charge in [0.05, 0.1) is 0 Å². The Morgan fingerprint density at radius 3 is 2.67 bits per heavy atom. The molecule has 0 radical (unpaired) electrons. The van der Waals surface area contributed by atoms with Gasteiger partial charge in [-0.2, -0.15) is 0 Å². The smallest absolute Gasteiger partial charge is 0.0208 e. The Morgan fingerprint density at radius 2 is 1.93 bits per heavy atom. The average Bonchev–Trinajstić information content (AvgIpc) is 2.28. The first-order chi connectivity index (χ1) is 7.35. The Balaban J connectivity index is 2.37. The second-order valence-corrected chi connectivity index (χ2v) is 4.42. The molecule has 1 N–H and O–H groups in total. The molecule has 0 saturated heterocycles. The van der Waals surface area contributed by atoms with Gasteiger partial charge >= 0.3 is 0 Å². The van der Waals surface area contributed by atoms with Crippen LogP contribution >= 0.6 is 0 Å². The largest absolute Gasteiger partial charge is 0.312 e. The van der Waals surface area contributed by atoms with Gasteiger partial charge in [0.2, 0.25) is 0 Å². The van der Waals surface area contributed by atoms with E-state index in [1.807, 2.05) is 0 Å². The lowest BCUT2D eigenvalue weighted by Crippen LogP contribution is -2.24. The summed E-state index contributed by atoms with van der Waals surface area (Å²) >= 11 is 0. The van der Waals surface area contributed by atoms with E-state index in [0.29, 0.717) is 0 Å². The lowest BCUT2D eigenvalue weighted by atomic mass is 9.91. The van der Waals surface area contributed by atoms with Gasteiger partial charge in [-0.05, 0) is 48.1 Å². The van der Waals surface area contributed by atoms with Crippen LogP contribution in [-0.2, 0) is 25.8 Å². The van der Waals surface area contributed by atoms with Crippen molar-refractivity contribution in [2.24, 2.45) is 0 Å². The minimum absolute atomic E-state index is 1.06. The molecule has 0 atom stereocenters. The van der Waals surface area contributed by atoms with Gasteiger partial charge in [0.15, 0.2) is 0 Å². The van der Waals surface area contributed by atoms with Crippen molar-refractivity contribution in [2.45, 2.75) is 46.1 Å². The SMILES string of the molecule is CCCc1cc2c(cc1CC)CNCC2. The third-order valence-electron chi connectivity index (χ3n) is 3.31. The zero-order valence-corrected chi connectivity index (χ0v) is 9.90. The van der Waals surface area contributed by atoms with Crippen LogP contribution in [0.2, 0.25) is 0 Å². The van der Waals surface area contributed by atoms with Crippen molar-refractivity contribution in [1.29, 1.82) is 0 Å². The summed E-state index contributed by atoms with van der Waals surface area (Å²) in [5, 5.41) is 3.44. The number of hydrogen-bond donors (Lipinski definition) is 1. The van der Waals surface area contributed by atoms with Crippen molar-refractivity contribution in [3.05, 3.63) is 34.4 Å². The van der Waals surface area contributed by atoms with Crippen LogP contribution in [0.15, 0.2) is 12.1 Å². The first-order valence-electron chi connectivity index (χ1n) is 6.19. The molecule has 15 heavy (non-hydrogen) atoms. The Kier molecular flexibility index (Phi) is 3.42. The molecular formula is C14H21N. The molecule has 2 rings (SSSR count). The van der Waals surface area contributed by atoms with Crippen LogP contribution in [0.3, 0.4) is 0 Å². The van der Waals surface area contributed by atoms with Crippen LogP contribution in [0.1, 0.15) is 42.5 Å². The van der Waals surface area contributed by atoms with Crippen molar-refractivity contribution in [3.8, 4) is 0 Å². The highest BCUT2D eigenvalue weighted by Gasteiger charge is 2.11. The molecule has 0 aromatic heterocycles. The predicted molar refractivity (Wildman–Crippen MR) is 65.2 cm³/mol. The van der Waals surface area contributed by atoms with Crippen molar-refractivity contribution < 1.29 is 0 Å². The van der Waals surface area contributed by atoms with E-state index in [2.05, 4.69) is 31.3 Å². The summed E-state index contributed by atoms with van der Waals surface area (Å²) in [4.78, 5) is 0. The number of nitrogens with one attached hydrogen (secondary N) is 1. The first kappa shape index (κ1) is 10.7. The summed E-state index contributed by atoms with van der Waals surface area (Å²) in [7, 11) is 0. The zero-order valence-electron chi connectivity index (χ0n) is 9.90. The molecule has 1 aliphatic rings. The highest BCUT2D eigenvalue weighted by Crippen LogP contribution is 2.21. The number of benzene rings is 1. The van der Waals surface area contributed by atoms with E-state index in [9.17, 15) is 0 Å². The number of rotatable bonds is 3. The predicted octanol–water partition coefficient (Wildman–Crippen LogP) is 2.85. The zero-order chi connectivity index (χ0) is 10.7. The van der Waals surface area contributed by atoms with Crippen molar-refractivity contribution >= 4 is 0 Å². The molecule has 0 fully saturated rings. The maximum absolute atomic E-state index is 3.44. The summed E-state index contributed by atoms with van der Waals surface area (Å²) in [6.07, 6.45) is 4.87. The van der Waals surface area contributed by atoms with Crippen LogP contribution in [0.5, 0.6) is 0 Å². The van der Waals surface area contributed by atoms with Gasteiger partial charge < -0.3 is 5.32 Å². The normalized spacial score (nSPS) is 15.1. The minimum atomic E-state index is 1.06. The average molecular weight is 203 g/mol. The van der Waals surface area contributed by atoms with Crippen LogP contribution in [-0.4, -0.2) is 6.54 Å². The van der Waals surface area contributed by atoms with E-state index in [0.717, 1.165) is 13.1 Å². The molecule has 82 valence electrons. The van der Waals surface area contributed by atoms with E-state index in [1.54, 1.807) is 16.7 Å². The van der Waals surface area contributed by atoms with Gasteiger partial charge in [-0.15, -0.1) is 0 Å². The summed E-state index contributed by atoms with van der Waals surface area (Å²) < 4.78 is 0. The maximum atomic E-state index is 3.44. The molecule has 1 aliphatic heterocycles. The van der Waals surface area contributed by atoms with Crippen LogP contribution in [0, 0.1) is 0 Å². The molecule has 1 heterocycles. The number of hydrogen-bond acceptors (Lipinski definition) is 1. The van der Waals surface area contributed by atoms with E-state index in [-0.39, 0.29) is 0 Å². The van der Waals surface area contributed by atoms with Crippen LogP contribution in [0.4, 0.5) is 0 Å². The summed E-state index contributed by atoms with van der Waals surface area (Å²) in [6, 6.07) is 4.88. The third-order valence-corrected chi connectivity index (χ3v) is 3.31. The second kappa shape index (κ2) is 4.80. The molecule has 0 spiro atoms. The molecule has 0 aliphatic carbocycles. The fraction of sp³-hybridized carbons (Fsp3) is 0.571.